The largest absolute Gasteiger partial charge is 0.493 e. The zero-order valence-corrected chi connectivity index (χ0v) is 21.7. The Hall–Kier alpha value is -4.57. The zero-order valence-electron chi connectivity index (χ0n) is 21.7. The number of hydrogen-bond acceptors (Lipinski definition) is 3. The molecule has 4 nitrogen and oxygen atoms in total. The van der Waals surface area contributed by atoms with Gasteiger partial charge < -0.3 is 14.2 Å². The fourth-order valence-electron chi connectivity index (χ4n) is 6.01. The summed E-state index contributed by atoms with van der Waals surface area (Å²) >= 11 is 0. The van der Waals surface area contributed by atoms with Crippen LogP contribution in [0, 0.1) is 0 Å². The molecule has 186 valence electrons. The highest BCUT2D eigenvalue weighted by molar-refractivity contribution is 6.18. The second-order valence-electron chi connectivity index (χ2n) is 9.84. The summed E-state index contributed by atoms with van der Waals surface area (Å²) in [5.74, 6) is 2.47. The van der Waals surface area contributed by atoms with Crippen LogP contribution in [0.1, 0.15) is 5.56 Å². The lowest BCUT2D eigenvalue weighted by Crippen LogP contribution is -2.28. The van der Waals surface area contributed by atoms with E-state index >= 15 is 0 Å². The Balaban J connectivity index is 1.52. The molecule has 7 rings (SSSR count). The molecule has 2 heterocycles. The molecular weight excluding hydrogens is 470 g/mol. The zero-order chi connectivity index (χ0) is 25.8. The monoisotopic (exact) mass is 498 g/mol. The number of pyridine rings is 1. The van der Waals surface area contributed by atoms with E-state index in [0.29, 0.717) is 5.75 Å². The van der Waals surface area contributed by atoms with Gasteiger partial charge in [0.2, 0.25) is 5.52 Å². The number of rotatable bonds is 4. The fraction of sp³-hybridized carbons (Fsp3) is 0.147. The van der Waals surface area contributed by atoms with Crippen molar-refractivity contribution in [3.05, 3.63) is 96.7 Å². The minimum Gasteiger partial charge on any atom is -0.493 e. The van der Waals surface area contributed by atoms with Crippen molar-refractivity contribution in [2.45, 2.75) is 6.42 Å². The van der Waals surface area contributed by atoms with E-state index in [4.69, 9.17) is 14.2 Å². The van der Waals surface area contributed by atoms with E-state index in [-0.39, 0.29) is 0 Å². The van der Waals surface area contributed by atoms with Crippen molar-refractivity contribution < 1.29 is 18.8 Å². The number of hydrogen-bond donors (Lipinski definition) is 0. The highest BCUT2D eigenvalue weighted by atomic mass is 16.5. The van der Waals surface area contributed by atoms with Gasteiger partial charge in [0, 0.05) is 22.8 Å². The highest BCUT2D eigenvalue weighted by Crippen LogP contribution is 2.46. The second-order valence-corrected chi connectivity index (χ2v) is 9.84. The topological polar surface area (TPSA) is 31.6 Å². The number of aromatic nitrogens is 1. The lowest BCUT2D eigenvalue weighted by atomic mass is 9.92. The summed E-state index contributed by atoms with van der Waals surface area (Å²) < 4.78 is 20.1. The van der Waals surface area contributed by atoms with Gasteiger partial charge in [-0.1, -0.05) is 72.8 Å². The Bertz CT molecular complexity index is 1860. The second kappa shape index (κ2) is 8.77. The van der Waals surface area contributed by atoms with Gasteiger partial charge >= 0.3 is 0 Å². The van der Waals surface area contributed by atoms with Gasteiger partial charge in [-0.05, 0) is 34.4 Å². The number of nitrogens with zero attached hydrogens (tertiary/aromatic N) is 1. The van der Waals surface area contributed by atoms with Gasteiger partial charge in [0.1, 0.15) is 12.8 Å². The van der Waals surface area contributed by atoms with Crippen molar-refractivity contribution in [2.75, 3.05) is 20.8 Å². The minimum atomic E-state index is 0.715. The van der Waals surface area contributed by atoms with Crippen LogP contribution < -0.4 is 18.8 Å². The molecule has 4 heteroatoms. The van der Waals surface area contributed by atoms with Crippen LogP contribution in [-0.4, -0.2) is 20.8 Å². The summed E-state index contributed by atoms with van der Waals surface area (Å²) in [6.45, 7) is 0.747. The van der Waals surface area contributed by atoms with Crippen molar-refractivity contribution in [1.29, 1.82) is 0 Å². The molecule has 0 aliphatic carbocycles. The molecule has 0 radical (unpaired) electrons. The Labute approximate surface area is 221 Å². The summed E-state index contributed by atoms with van der Waals surface area (Å²) in [6.07, 6.45) is 3.17. The third-order valence-electron chi connectivity index (χ3n) is 7.78. The molecule has 0 spiro atoms. The first kappa shape index (κ1) is 22.6. The van der Waals surface area contributed by atoms with E-state index in [1.807, 2.05) is 6.07 Å². The van der Waals surface area contributed by atoms with Crippen LogP contribution in [0.25, 0.3) is 54.7 Å². The van der Waals surface area contributed by atoms with E-state index in [1.165, 1.54) is 27.5 Å². The van der Waals surface area contributed by atoms with Crippen molar-refractivity contribution in [3.8, 4) is 39.5 Å². The van der Waals surface area contributed by atoms with Gasteiger partial charge in [-0.2, -0.15) is 4.57 Å². The molecule has 0 saturated carbocycles. The SMILES string of the molecule is COc1cc2c(ccc3c4ccc5c(c4c[n+](C)c23)OCC5)c(-c2ccc(-c3ccccc3)cc2)c1OC. The summed E-state index contributed by atoms with van der Waals surface area (Å²) in [5.41, 5.74) is 6.92. The van der Waals surface area contributed by atoms with Gasteiger partial charge in [0.25, 0.3) is 0 Å². The van der Waals surface area contributed by atoms with Crippen molar-refractivity contribution in [1.82, 2.24) is 0 Å². The van der Waals surface area contributed by atoms with Crippen LogP contribution in [0.2, 0.25) is 0 Å². The molecule has 0 bridgehead atoms. The maximum Gasteiger partial charge on any atom is 0.220 e. The van der Waals surface area contributed by atoms with Crippen molar-refractivity contribution in [3.63, 3.8) is 0 Å². The molecule has 38 heavy (non-hydrogen) atoms. The summed E-state index contributed by atoms with van der Waals surface area (Å²) in [5, 5.41) is 5.78. The first-order chi connectivity index (χ1) is 18.7. The molecule has 5 aromatic carbocycles. The third-order valence-corrected chi connectivity index (χ3v) is 7.78. The van der Waals surface area contributed by atoms with Crippen LogP contribution in [0.15, 0.2) is 91.1 Å². The summed E-state index contributed by atoms with van der Waals surface area (Å²) in [4.78, 5) is 0. The Morgan fingerprint density at radius 1 is 0.684 bits per heavy atom. The first-order valence-corrected chi connectivity index (χ1v) is 12.9. The number of methoxy groups -OCH3 is 2. The minimum absolute atomic E-state index is 0.715. The molecule has 1 aromatic heterocycles. The Morgan fingerprint density at radius 3 is 2.16 bits per heavy atom. The summed E-state index contributed by atoms with van der Waals surface area (Å²) in [6, 6.07) is 30.1. The number of benzene rings is 5. The molecular formula is C34H28NO3+. The molecule has 0 saturated heterocycles. The van der Waals surface area contributed by atoms with E-state index < -0.39 is 0 Å². The Kier molecular flexibility index (Phi) is 5.22. The van der Waals surface area contributed by atoms with Gasteiger partial charge in [0.05, 0.1) is 37.0 Å². The quantitative estimate of drug-likeness (QED) is 0.189. The average Bonchev–Trinajstić information content (AvgIpc) is 3.46. The lowest BCUT2D eigenvalue weighted by Gasteiger charge is -2.17. The van der Waals surface area contributed by atoms with E-state index in [2.05, 4.69) is 96.7 Å². The van der Waals surface area contributed by atoms with Crippen LogP contribution in [0.4, 0.5) is 0 Å². The molecule has 0 fully saturated rings. The highest BCUT2D eigenvalue weighted by Gasteiger charge is 2.25. The van der Waals surface area contributed by atoms with Gasteiger partial charge in [-0.15, -0.1) is 0 Å². The maximum absolute atomic E-state index is 6.04. The maximum atomic E-state index is 6.04. The number of aryl methyl sites for hydroxylation is 1. The molecule has 0 atom stereocenters. The normalized spacial score (nSPS) is 12.6. The fourth-order valence-corrected chi connectivity index (χ4v) is 6.01. The van der Waals surface area contributed by atoms with E-state index in [1.54, 1.807) is 14.2 Å². The molecule has 6 aromatic rings. The predicted octanol–water partition coefficient (Wildman–Crippen LogP) is 7.26. The smallest absolute Gasteiger partial charge is 0.220 e. The number of fused-ring (bicyclic) bond motifs is 7. The third kappa shape index (κ3) is 3.33. The molecule has 1 aliphatic heterocycles. The van der Waals surface area contributed by atoms with E-state index in [9.17, 15) is 0 Å². The lowest BCUT2D eigenvalue weighted by molar-refractivity contribution is -0.642. The van der Waals surface area contributed by atoms with Crippen molar-refractivity contribution >= 4 is 32.4 Å². The average molecular weight is 499 g/mol. The summed E-state index contributed by atoms with van der Waals surface area (Å²) in [7, 11) is 5.52. The van der Waals surface area contributed by atoms with Gasteiger partial charge in [0.15, 0.2) is 17.7 Å². The van der Waals surface area contributed by atoms with Crippen molar-refractivity contribution in [2.24, 2.45) is 7.05 Å². The van der Waals surface area contributed by atoms with Crippen LogP contribution >= 0.6 is 0 Å². The molecule has 0 unspecified atom stereocenters. The molecule has 0 amide bonds. The van der Waals surface area contributed by atoms with Crippen LogP contribution in [0.5, 0.6) is 17.2 Å². The van der Waals surface area contributed by atoms with Gasteiger partial charge in [-0.3, -0.25) is 0 Å². The Morgan fingerprint density at radius 2 is 1.39 bits per heavy atom. The predicted molar refractivity (Wildman–Crippen MR) is 153 cm³/mol. The first-order valence-electron chi connectivity index (χ1n) is 12.9. The van der Waals surface area contributed by atoms with Gasteiger partial charge in [-0.25, -0.2) is 0 Å². The molecule has 1 aliphatic rings. The van der Waals surface area contributed by atoms with E-state index in [0.717, 1.165) is 57.3 Å². The molecule has 0 N–H and O–H groups in total. The van der Waals surface area contributed by atoms with Crippen LogP contribution in [0.3, 0.4) is 0 Å². The number of ether oxygens (including phenoxy) is 3. The standard InChI is InChI=1S/C34H28NO3/c1-35-20-29-25(14-13-24-17-18-38-33(24)29)27-16-15-26-28(32(27)35)19-30(36-2)34(37-3)31(26)23-11-9-22(10-12-23)21-7-5-4-6-8-21/h4-16,19-20H,17-18H2,1-3H3/q+1. The van der Waals surface area contributed by atoms with Crippen LogP contribution in [-0.2, 0) is 13.5 Å².